The molecule has 1 saturated heterocycles. The molecule has 2 aliphatic rings. The molecular formula is C18H27N3O2. The number of carbonyl (C=O) groups excluding carboxylic acids is 1. The summed E-state index contributed by atoms with van der Waals surface area (Å²) >= 11 is 0. The number of ether oxygens (including phenoxy) is 1. The fourth-order valence-electron chi connectivity index (χ4n) is 3.09. The van der Waals surface area contributed by atoms with E-state index in [2.05, 4.69) is 34.2 Å². The van der Waals surface area contributed by atoms with Crippen LogP contribution < -0.4 is 10.2 Å². The lowest BCUT2D eigenvalue weighted by molar-refractivity contribution is -0.117. The van der Waals surface area contributed by atoms with E-state index in [1.165, 1.54) is 18.5 Å². The molecular weight excluding hydrogens is 290 g/mol. The third kappa shape index (κ3) is 4.45. The zero-order valence-electron chi connectivity index (χ0n) is 14.1. The zero-order valence-corrected chi connectivity index (χ0v) is 14.1. The number of rotatable bonds is 6. The maximum absolute atomic E-state index is 12.2. The minimum atomic E-state index is 0.0547. The number of amides is 1. The number of nitrogens with zero attached hydrogens (tertiary/aromatic N) is 2. The number of likely N-dealkylation sites (N-methyl/N-ethyl adjacent to an activating group) is 1. The molecule has 1 heterocycles. The van der Waals surface area contributed by atoms with Crippen LogP contribution in [0.2, 0.25) is 0 Å². The van der Waals surface area contributed by atoms with Crippen molar-refractivity contribution < 1.29 is 9.53 Å². The Hall–Kier alpha value is -1.59. The summed E-state index contributed by atoms with van der Waals surface area (Å²) in [5.74, 6) is 0.833. The molecule has 5 heteroatoms. The second-order valence-corrected chi connectivity index (χ2v) is 6.69. The Balaban J connectivity index is 1.50. The summed E-state index contributed by atoms with van der Waals surface area (Å²) in [4.78, 5) is 16.6. The molecule has 1 aliphatic carbocycles. The summed E-state index contributed by atoms with van der Waals surface area (Å²) in [5, 5.41) is 2.99. The predicted molar refractivity (Wildman–Crippen MR) is 92.9 cm³/mol. The van der Waals surface area contributed by atoms with Gasteiger partial charge in [-0.1, -0.05) is 0 Å². The quantitative estimate of drug-likeness (QED) is 0.873. The molecule has 0 radical (unpaired) electrons. The Bertz CT molecular complexity index is 522. The highest BCUT2D eigenvalue weighted by molar-refractivity contribution is 5.92. The van der Waals surface area contributed by atoms with Gasteiger partial charge < -0.3 is 15.0 Å². The Morgan fingerprint density at radius 2 is 1.96 bits per heavy atom. The van der Waals surface area contributed by atoms with Gasteiger partial charge in [-0.15, -0.1) is 0 Å². The molecule has 0 spiro atoms. The van der Waals surface area contributed by atoms with Crippen molar-refractivity contribution in [1.82, 2.24) is 4.90 Å². The smallest absolute Gasteiger partial charge is 0.238 e. The average molecular weight is 317 g/mol. The molecule has 1 unspecified atom stereocenters. The topological polar surface area (TPSA) is 44.8 Å². The van der Waals surface area contributed by atoms with Gasteiger partial charge >= 0.3 is 0 Å². The van der Waals surface area contributed by atoms with Crippen molar-refractivity contribution in [3.05, 3.63) is 24.3 Å². The minimum Gasteiger partial charge on any atom is -0.378 e. The highest BCUT2D eigenvalue weighted by atomic mass is 16.5. The highest BCUT2D eigenvalue weighted by Gasteiger charge is 2.30. The minimum absolute atomic E-state index is 0.0547. The van der Waals surface area contributed by atoms with Gasteiger partial charge in [0.1, 0.15) is 0 Å². The fraction of sp³-hybridized carbons (Fsp3) is 0.611. The molecule has 0 aromatic heterocycles. The van der Waals surface area contributed by atoms with Crippen molar-refractivity contribution in [1.29, 1.82) is 0 Å². The Morgan fingerprint density at radius 1 is 1.30 bits per heavy atom. The van der Waals surface area contributed by atoms with Crippen LogP contribution in [-0.4, -0.2) is 56.7 Å². The van der Waals surface area contributed by atoms with Gasteiger partial charge in [-0.25, -0.2) is 0 Å². The van der Waals surface area contributed by atoms with Crippen LogP contribution in [0.25, 0.3) is 0 Å². The summed E-state index contributed by atoms with van der Waals surface area (Å²) in [5.41, 5.74) is 2.05. The van der Waals surface area contributed by atoms with Crippen LogP contribution in [0, 0.1) is 5.92 Å². The summed E-state index contributed by atoms with van der Waals surface area (Å²) < 4.78 is 5.37. The average Bonchev–Trinajstić information content (AvgIpc) is 3.40. The number of morpholine rings is 1. The van der Waals surface area contributed by atoms with Crippen molar-refractivity contribution >= 4 is 17.3 Å². The van der Waals surface area contributed by atoms with Crippen LogP contribution >= 0.6 is 0 Å². The van der Waals surface area contributed by atoms with E-state index in [9.17, 15) is 4.79 Å². The van der Waals surface area contributed by atoms with Gasteiger partial charge in [-0.2, -0.15) is 0 Å². The lowest BCUT2D eigenvalue weighted by atomic mass is 10.2. The van der Waals surface area contributed by atoms with Gasteiger partial charge in [0.25, 0.3) is 0 Å². The van der Waals surface area contributed by atoms with Crippen molar-refractivity contribution in [3.8, 4) is 0 Å². The number of nitrogens with one attached hydrogen (secondary N) is 1. The molecule has 3 rings (SSSR count). The van der Waals surface area contributed by atoms with E-state index in [0.29, 0.717) is 12.6 Å². The SMILES string of the molecule is CC(C1CC1)N(C)CC(=O)Nc1ccc(N2CCOCC2)cc1. The van der Waals surface area contributed by atoms with E-state index in [1.54, 1.807) is 0 Å². The maximum atomic E-state index is 12.2. The molecule has 1 atom stereocenters. The molecule has 126 valence electrons. The van der Waals surface area contributed by atoms with E-state index in [-0.39, 0.29) is 5.91 Å². The number of anilines is 2. The van der Waals surface area contributed by atoms with Crippen molar-refractivity contribution in [2.45, 2.75) is 25.8 Å². The van der Waals surface area contributed by atoms with Crippen LogP contribution in [0.1, 0.15) is 19.8 Å². The van der Waals surface area contributed by atoms with Crippen molar-refractivity contribution in [2.75, 3.05) is 50.1 Å². The number of hydrogen-bond donors (Lipinski definition) is 1. The van der Waals surface area contributed by atoms with Crippen molar-refractivity contribution in [2.24, 2.45) is 5.92 Å². The molecule has 1 amide bonds. The van der Waals surface area contributed by atoms with E-state index < -0.39 is 0 Å². The highest BCUT2D eigenvalue weighted by Crippen LogP contribution is 2.34. The first kappa shape index (κ1) is 16.3. The van der Waals surface area contributed by atoms with Crippen LogP contribution in [0.4, 0.5) is 11.4 Å². The monoisotopic (exact) mass is 317 g/mol. The van der Waals surface area contributed by atoms with E-state index in [4.69, 9.17) is 4.74 Å². The molecule has 5 nitrogen and oxygen atoms in total. The molecule has 0 bridgehead atoms. The van der Waals surface area contributed by atoms with Crippen LogP contribution in [-0.2, 0) is 9.53 Å². The Morgan fingerprint density at radius 3 is 2.57 bits per heavy atom. The summed E-state index contributed by atoms with van der Waals surface area (Å²) in [7, 11) is 2.03. The standard InChI is InChI=1S/C18H27N3O2/c1-14(15-3-4-15)20(2)13-18(22)19-16-5-7-17(8-6-16)21-9-11-23-12-10-21/h5-8,14-15H,3-4,9-13H2,1-2H3,(H,19,22). The van der Waals surface area contributed by atoms with E-state index >= 15 is 0 Å². The van der Waals surface area contributed by atoms with Gasteiger partial charge in [0.15, 0.2) is 0 Å². The third-order valence-electron chi connectivity index (χ3n) is 4.92. The molecule has 1 aromatic rings. The van der Waals surface area contributed by atoms with Crippen LogP contribution in [0.5, 0.6) is 0 Å². The normalized spacial score (nSPS) is 19.7. The molecule has 1 aromatic carbocycles. The van der Waals surface area contributed by atoms with Gasteiger partial charge in [0, 0.05) is 30.5 Å². The molecule has 2 fully saturated rings. The molecule has 1 saturated carbocycles. The van der Waals surface area contributed by atoms with Crippen molar-refractivity contribution in [3.63, 3.8) is 0 Å². The summed E-state index contributed by atoms with van der Waals surface area (Å²) in [6.45, 7) is 6.07. The van der Waals surface area contributed by atoms with Gasteiger partial charge in [0.05, 0.1) is 19.8 Å². The first-order chi connectivity index (χ1) is 11.1. The Labute approximate surface area is 138 Å². The second kappa shape index (κ2) is 7.32. The maximum Gasteiger partial charge on any atom is 0.238 e. The fourth-order valence-corrected chi connectivity index (χ4v) is 3.09. The molecule has 23 heavy (non-hydrogen) atoms. The summed E-state index contributed by atoms with van der Waals surface area (Å²) in [6, 6.07) is 8.58. The van der Waals surface area contributed by atoms with E-state index in [0.717, 1.165) is 37.9 Å². The lowest BCUT2D eigenvalue weighted by Crippen LogP contribution is -2.37. The molecule has 1 N–H and O–H groups in total. The number of benzene rings is 1. The first-order valence-electron chi connectivity index (χ1n) is 8.56. The number of carbonyl (C=O) groups is 1. The Kier molecular flexibility index (Phi) is 5.18. The van der Waals surface area contributed by atoms with Gasteiger partial charge in [-0.05, 0) is 57.0 Å². The molecule has 1 aliphatic heterocycles. The largest absolute Gasteiger partial charge is 0.378 e. The first-order valence-corrected chi connectivity index (χ1v) is 8.56. The van der Waals surface area contributed by atoms with Gasteiger partial charge in [-0.3, -0.25) is 9.69 Å². The predicted octanol–water partition coefficient (Wildman–Crippen LogP) is 2.19. The van der Waals surface area contributed by atoms with Crippen LogP contribution in [0.3, 0.4) is 0 Å². The number of hydrogen-bond acceptors (Lipinski definition) is 4. The van der Waals surface area contributed by atoms with Gasteiger partial charge in [0.2, 0.25) is 5.91 Å². The summed E-state index contributed by atoms with van der Waals surface area (Å²) in [6.07, 6.45) is 2.60. The third-order valence-corrected chi connectivity index (χ3v) is 4.92. The zero-order chi connectivity index (χ0) is 16.2. The van der Waals surface area contributed by atoms with Crippen LogP contribution in [0.15, 0.2) is 24.3 Å². The second-order valence-electron chi connectivity index (χ2n) is 6.69. The van der Waals surface area contributed by atoms with E-state index in [1.807, 2.05) is 19.2 Å². The lowest BCUT2D eigenvalue weighted by Gasteiger charge is -2.29.